The third kappa shape index (κ3) is 2.87. The standard InChI is InChI=1S/C24H23NO4/c1-13-8-14(2)10-19(9-13)29-24(28)17-4-3-5-18(12-17)25-22(26)20-15-6-7-16(11-15)21(20)23(25)27/h3-5,8-10,12,15-16,20-21H,6-7,11H2,1-2H3/t15-,16-,20+,21+/m0/s1. The van der Waals surface area contributed by atoms with Crippen molar-refractivity contribution < 1.29 is 19.1 Å². The molecule has 3 aliphatic rings. The first kappa shape index (κ1) is 18.1. The fourth-order valence-corrected chi connectivity index (χ4v) is 5.59. The van der Waals surface area contributed by atoms with Gasteiger partial charge in [-0.1, -0.05) is 12.1 Å². The molecule has 3 fully saturated rings. The molecule has 0 aromatic heterocycles. The maximum Gasteiger partial charge on any atom is 0.343 e. The summed E-state index contributed by atoms with van der Waals surface area (Å²) in [5, 5.41) is 0. The van der Waals surface area contributed by atoms with Crippen LogP contribution in [0.15, 0.2) is 42.5 Å². The van der Waals surface area contributed by atoms with E-state index in [0.717, 1.165) is 30.4 Å². The first-order valence-corrected chi connectivity index (χ1v) is 10.2. The molecule has 148 valence electrons. The fraction of sp³-hybridized carbons (Fsp3) is 0.375. The van der Waals surface area contributed by atoms with Crippen LogP contribution < -0.4 is 9.64 Å². The largest absolute Gasteiger partial charge is 0.423 e. The Morgan fingerprint density at radius 1 is 0.931 bits per heavy atom. The maximum absolute atomic E-state index is 13.0. The molecule has 2 bridgehead atoms. The molecule has 5 heteroatoms. The van der Waals surface area contributed by atoms with Crippen LogP contribution in [0.1, 0.15) is 40.7 Å². The summed E-state index contributed by atoms with van der Waals surface area (Å²) in [6.45, 7) is 3.89. The molecule has 1 heterocycles. The van der Waals surface area contributed by atoms with Gasteiger partial charge >= 0.3 is 5.97 Å². The lowest BCUT2D eigenvalue weighted by Crippen LogP contribution is -2.32. The molecule has 1 saturated heterocycles. The Balaban J connectivity index is 1.41. The molecule has 5 rings (SSSR count). The topological polar surface area (TPSA) is 63.7 Å². The van der Waals surface area contributed by atoms with E-state index in [2.05, 4.69) is 0 Å². The van der Waals surface area contributed by atoms with Crippen LogP contribution in [0, 0.1) is 37.5 Å². The summed E-state index contributed by atoms with van der Waals surface area (Å²) in [6.07, 6.45) is 3.09. The van der Waals surface area contributed by atoms with E-state index in [4.69, 9.17) is 4.74 Å². The Labute approximate surface area is 169 Å². The highest BCUT2D eigenvalue weighted by Gasteiger charge is 2.61. The Morgan fingerprint density at radius 2 is 1.55 bits per heavy atom. The van der Waals surface area contributed by atoms with Gasteiger partial charge in [-0.2, -0.15) is 0 Å². The van der Waals surface area contributed by atoms with Gasteiger partial charge in [0.05, 0.1) is 23.1 Å². The fourth-order valence-electron chi connectivity index (χ4n) is 5.59. The summed E-state index contributed by atoms with van der Waals surface area (Å²) in [5.41, 5.74) is 2.80. The second kappa shape index (κ2) is 6.55. The van der Waals surface area contributed by atoms with Gasteiger partial charge in [0, 0.05) is 0 Å². The SMILES string of the molecule is Cc1cc(C)cc(OC(=O)c2cccc(N3C(=O)[C@@H]4[C@H]5CC[C@@H](C5)[C@H]4C3=O)c2)c1. The highest BCUT2D eigenvalue weighted by atomic mass is 16.5. The van der Waals surface area contributed by atoms with Crippen molar-refractivity contribution in [3.63, 3.8) is 0 Å². The second-order valence-electron chi connectivity index (χ2n) is 8.66. The van der Waals surface area contributed by atoms with Crippen LogP contribution in [0.4, 0.5) is 5.69 Å². The highest BCUT2D eigenvalue weighted by Crippen LogP contribution is 2.56. The zero-order valence-electron chi connectivity index (χ0n) is 16.6. The average Bonchev–Trinajstić information content (AvgIpc) is 3.35. The average molecular weight is 389 g/mol. The number of esters is 1. The monoisotopic (exact) mass is 389 g/mol. The number of fused-ring (bicyclic) bond motifs is 5. The molecule has 0 unspecified atom stereocenters. The number of benzene rings is 2. The lowest BCUT2D eigenvalue weighted by atomic mass is 9.81. The minimum Gasteiger partial charge on any atom is -0.423 e. The van der Waals surface area contributed by atoms with Crippen LogP contribution in [0.3, 0.4) is 0 Å². The molecule has 2 amide bonds. The van der Waals surface area contributed by atoms with Gasteiger partial charge in [0.1, 0.15) is 5.75 Å². The number of aryl methyl sites for hydroxylation is 2. The Kier molecular flexibility index (Phi) is 4.09. The molecule has 2 aromatic carbocycles. The number of imide groups is 1. The van der Waals surface area contributed by atoms with E-state index in [0.29, 0.717) is 28.8 Å². The quantitative estimate of drug-likeness (QED) is 0.451. The van der Waals surface area contributed by atoms with E-state index < -0.39 is 5.97 Å². The van der Waals surface area contributed by atoms with Gasteiger partial charge in [-0.3, -0.25) is 14.5 Å². The smallest absolute Gasteiger partial charge is 0.343 e. The van der Waals surface area contributed by atoms with Crippen LogP contribution in [-0.2, 0) is 9.59 Å². The van der Waals surface area contributed by atoms with Crippen LogP contribution in [-0.4, -0.2) is 17.8 Å². The lowest BCUT2D eigenvalue weighted by Gasteiger charge is -2.19. The van der Waals surface area contributed by atoms with Crippen molar-refractivity contribution in [2.75, 3.05) is 4.90 Å². The molecule has 2 saturated carbocycles. The lowest BCUT2D eigenvalue weighted by molar-refractivity contribution is -0.123. The van der Waals surface area contributed by atoms with E-state index in [1.165, 1.54) is 4.90 Å². The number of nitrogens with zero attached hydrogens (tertiary/aromatic N) is 1. The summed E-state index contributed by atoms with van der Waals surface area (Å²) < 4.78 is 5.52. The molecule has 5 nitrogen and oxygen atoms in total. The predicted octanol–water partition coefficient (Wildman–Crippen LogP) is 4.06. The van der Waals surface area contributed by atoms with E-state index in [1.54, 1.807) is 36.4 Å². The summed E-state index contributed by atoms with van der Waals surface area (Å²) >= 11 is 0. The summed E-state index contributed by atoms with van der Waals surface area (Å²) in [4.78, 5) is 40.0. The van der Waals surface area contributed by atoms with E-state index in [1.807, 2.05) is 19.9 Å². The van der Waals surface area contributed by atoms with Crippen LogP contribution in [0.25, 0.3) is 0 Å². The second-order valence-corrected chi connectivity index (χ2v) is 8.66. The number of carbonyl (C=O) groups excluding carboxylic acids is 3. The Morgan fingerprint density at radius 3 is 2.17 bits per heavy atom. The van der Waals surface area contributed by atoms with Gasteiger partial charge in [-0.15, -0.1) is 0 Å². The highest BCUT2D eigenvalue weighted by molar-refractivity contribution is 6.22. The van der Waals surface area contributed by atoms with E-state index in [-0.39, 0.29) is 23.7 Å². The normalized spacial score (nSPS) is 27.4. The van der Waals surface area contributed by atoms with Gasteiger partial charge in [-0.25, -0.2) is 4.79 Å². The zero-order chi connectivity index (χ0) is 20.3. The molecule has 1 aliphatic heterocycles. The molecule has 2 aliphatic carbocycles. The Hall–Kier alpha value is -2.95. The van der Waals surface area contributed by atoms with Crippen LogP contribution in [0.2, 0.25) is 0 Å². The van der Waals surface area contributed by atoms with Crippen molar-refractivity contribution >= 4 is 23.5 Å². The summed E-state index contributed by atoms with van der Waals surface area (Å²) in [6, 6.07) is 12.3. The maximum atomic E-state index is 13.0. The number of rotatable bonds is 3. The minimum atomic E-state index is -0.504. The van der Waals surface area contributed by atoms with Crippen molar-refractivity contribution in [2.24, 2.45) is 23.7 Å². The van der Waals surface area contributed by atoms with E-state index >= 15 is 0 Å². The molecule has 0 N–H and O–H groups in total. The predicted molar refractivity (Wildman–Crippen MR) is 108 cm³/mol. The van der Waals surface area contributed by atoms with Gasteiger partial charge in [-0.05, 0) is 86.4 Å². The molecule has 0 radical (unpaired) electrons. The van der Waals surface area contributed by atoms with Gasteiger partial charge in [0.2, 0.25) is 11.8 Å². The van der Waals surface area contributed by atoms with Crippen molar-refractivity contribution in [2.45, 2.75) is 33.1 Å². The van der Waals surface area contributed by atoms with Crippen molar-refractivity contribution in [1.29, 1.82) is 0 Å². The number of anilines is 1. The molecule has 4 atom stereocenters. The molecule has 0 spiro atoms. The molecule has 2 aromatic rings. The third-order valence-electron chi connectivity index (χ3n) is 6.67. The van der Waals surface area contributed by atoms with Gasteiger partial charge < -0.3 is 4.74 Å². The van der Waals surface area contributed by atoms with Crippen LogP contribution in [0.5, 0.6) is 5.75 Å². The summed E-state index contributed by atoms with van der Waals surface area (Å²) in [7, 11) is 0. The number of ether oxygens (including phenoxy) is 1. The first-order chi connectivity index (χ1) is 13.9. The molecule has 29 heavy (non-hydrogen) atoms. The number of carbonyl (C=O) groups is 3. The van der Waals surface area contributed by atoms with Crippen LogP contribution >= 0.6 is 0 Å². The molecular formula is C24H23NO4. The summed E-state index contributed by atoms with van der Waals surface area (Å²) in [5.74, 6) is 0.0974. The molecular weight excluding hydrogens is 366 g/mol. The first-order valence-electron chi connectivity index (χ1n) is 10.2. The third-order valence-corrected chi connectivity index (χ3v) is 6.67. The number of hydrogen-bond acceptors (Lipinski definition) is 4. The van der Waals surface area contributed by atoms with Gasteiger partial charge in [0.15, 0.2) is 0 Å². The zero-order valence-corrected chi connectivity index (χ0v) is 16.6. The van der Waals surface area contributed by atoms with Crippen molar-refractivity contribution in [1.82, 2.24) is 0 Å². The van der Waals surface area contributed by atoms with Crippen molar-refractivity contribution in [3.8, 4) is 5.75 Å². The number of hydrogen-bond donors (Lipinski definition) is 0. The van der Waals surface area contributed by atoms with Crippen molar-refractivity contribution in [3.05, 3.63) is 59.2 Å². The minimum absolute atomic E-state index is 0.105. The van der Waals surface area contributed by atoms with E-state index in [9.17, 15) is 14.4 Å². The Bertz CT molecular complexity index is 995. The number of amides is 2. The van der Waals surface area contributed by atoms with Gasteiger partial charge in [0.25, 0.3) is 0 Å².